The molecule has 0 amide bonds. The van der Waals surface area contributed by atoms with Gasteiger partial charge in [0.1, 0.15) is 12.4 Å². The van der Waals surface area contributed by atoms with Gasteiger partial charge in [-0.2, -0.15) is 0 Å². The van der Waals surface area contributed by atoms with E-state index in [1.54, 1.807) is 0 Å². The molecule has 4 nitrogen and oxygen atoms in total. The highest BCUT2D eigenvalue weighted by Crippen LogP contribution is 2.13. The van der Waals surface area contributed by atoms with Crippen LogP contribution < -0.4 is 10.5 Å². The summed E-state index contributed by atoms with van der Waals surface area (Å²) in [5.41, 5.74) is 6.39. The van der Waals surface area contributed by atoms with Gasteiger partial charge in [0, 0.05) is 12.3 Å². The van der Waals surface area contributed by atoms with Crippen LogP contribution in [0, 0.1) is 0 Å². The lowest BCUT2D eigenvalue weighted by Gasteiger charge is -2.08. The van der Waals surface area contributed by atoms with Crippen molar-refractivity contribution in [3.63, 3.8) is 0 Å². The van der Waals surface area contributed by atoms with Crippen molar-refractivity contribution in [1.29, 1.82) is 0 Å². The summed E-state index contributed by atoms with van der Waals surface area (Å²) in [5, 5.41) is 0. The van der Waals surface area contributed by atoms with Crippen LogP contribution in [-0.4, -0.2) is 33.0 Å². The number of hydrogen-bond acceptors (Lipinski definition) is 4. The highest BCUT2D eigenvalue weighted by Gasteiger charge is 1.96. The molecule has 0 fully saturated rings. The first kappa shape index (κ1) is 26.8. The van der Waals surface area contributed by atoms with Crippen LogP contribution in [0.5, 0.6) is 5.75 Å². The van der Waals surface area contributed by atoms with Gasteiger partial charge in [-0.25, -0.2) is 0 Å². The van der Waals surface area contributed by atoms with Crippen LogP contribution in [0.25, 0.3) is 0 Å². The molecule has 4 heteroatoms. The number of benzene rings is 1. The van der Waals surface area contributed by atoms with Crippen LogP contribution in [0.3, 0.4) is 0 Å². The fourth-order valence-electron chi connectivity index (χ4n) is 3.50. The van der Waals surface area contributed by atoms with E-state index in [2.05, 4.69) is 6.92 Å². The monoisotopic (exact) mass is 421 g/mol. The largest absolute Gasteiger partial charge is 0.491 e. The summed E-state index contributed by atoms with van der Waals surface area (Å²) in [5.74, 6) is 0.821. The minimum absolute atomic E-state index is 0.545. The standard InChI is InChI=1S/C26H47NO3/c1-2-3-4-5-6-7-8-9-10-11-12-13-14-15-20-28-21-22-29-23-24-30-26-18-16-25(27)17-19-26/h16-19H,2-15,20-24,27H2,1H3. The van der Waals surface area contributed by atoms with Crippen molar-refractivity contribution in [2.45, 2.75) is 96.8 Å². The molecular formula is C26H47NO3. The Balaban J connectivity index is 1.68. The van der Waals surface area contributed by atoms with Crippen LogP contribution in [0.2, 0.25) is 0 Å². The molecule has 0 aromatic heterocycles. The Hall–Kier alpha value is -1.26. The smallest absolute Gasteiger partial charge is 0.119 e. The highest BCUT2D eigenvalue weighted by molar-refractivity contribution is 5.41. The van der Waals surface area contributed by atoms with Gasteiger partial charge in [0.2, 0.25) is 0 Å². The lowest BCUT2D eigenvalue weighted by molar-refractivity contribution is 0.0352. The third kappa shape index (κ3) is 17.6. The molecule has 0 aliphatic heterocycles. The lowest BCUT2D eigenvalue weighted by Crippen LogP contribution is -2.11. The van der Waals surface area contributed by atoms with Crippen LogP contribution in [-0.2, 0) is 9.47 Å². The van der Waals surface area contributed by atoms with Gasteiger partial charge in [-0.15, -0.1) is 0 Å². The van der Waals surface area contributed by atoms with Crippen LogP contribution in [0.1, 0.15) is 96.8 Å². The topological polar surface area (TPSA) is 53.7 Å². The van der Waals surface area contributed by atoms with E-state index in [-0.39, 0.29) is 0 Å². The minimum Gasteiger partial charge on any atom is -0.491 e. The maximum Gasteiger partial charge on any atom is 0.119 e. The van der Waals surface area contributed by atoms with Crippen LogP contribution in [0.15, 0.2) is 24.3 Å². The van der Waals surface area contributed by atoms with Crippen molar-refractivity contribution in [3.05, 3.63) is 24.3 Å². The molecule has 0 saturated carbocycles. The van der Waals surface area contributed by atoms with Gasteiger partial charge >= 0.3 is 0 Å². The number of hydrogen-bond donors (Lipinski definition) is 1. The van der Waals surface area contributed by atoms with Crippen molar-refractivity contribution >= 4 is 5.69 Å². The zero-order valence-electron chi connectivity index (χ0n) is 19.5. The van der Waals surface area contributed by atoms with Gasteiger partial charge in [-0.1, -0.05) is 90.4 Å². The molecule has 1 aromatic carbocycles. The zero-order valence-corrected chi connectivity index (χ0v) is 19.5. The number of ether oxygens (including phenoxy) is 3. The normalized spacial score (nSPS) is 11.1. The first-order valence-electron chi connectivity index (χ1n) is 12.5. The molecule has 30 heavy (non-hydrogen) atoms. The van der Waals surface area contributed by atoms with E-state index < -0.39 is 0 Å². The molecule has 0 aliphatic carbocycles. The number of nitrogen functional groups attached to an aromatic ring is 1. The molecule has 1 aromatic rings. The van der Waals surface area contributed by atoms with Crippen molar-refractivity contribution in [2.24, 2.45) is 0 Å². The Labute approximate surface area is 185 Å². The SMILES string of the molecule is CCCCCCCCCCCCCCCCOCCOCCOc1ccc(N)cc1. The number of anilines is 1. The quantitative estimate of drug-likeness (QED) is 0.159. The zero-order chi connectivity index (χ0) is 21.5. The van der Waals surface area contributed by atoms with E-state index in [0.29, 0.717) is 26.4 Å². The van der Waals surface area contributed by atoms with Crippen molar-refractivity contribution < 1.29 is 14.2 Å². The Morgan fingerprint density at radius 1 is 0.533 bits per heavy atom. The molecule has 0 radical (unpaired) electrons. The van der Waals surface area contributed by atoms with Gasteiger partial charge in [-0.05, 0) is 30.7 Å². The third-order valence-electron chi connectivity index (χ3n) is 5.39. The first-order chi connectivity index (χ1) is 14.8. The van der Waals surface area contributed by atoms with Gasteiger partial charge < -0.3 is 19.9 Å². The fraction of sp³-hybridized carbons (Fsp3) is 0.769. The number of rotatable bonds is 22. The maximum absolute atomic E-state index is 5.64. The van der Waals surface area contributed by atoms with Crippen molar-refractivity contribution in [2.75, 3.05) is 38.8 Å². The van der Waals surface area contributed by atoms with Crippen molar-refractivity contribution in [3.8, 4) is 5.75 Å². The molecule has 0 bridgehead atoms. The fourth-order valence-corrected chi connectivity index (χ4v) is 3.50. The van der Waals surface area contributed by atoms with Gasteiger partial charge in [0.05, 0.1) is 19.8 Å². The third-order valence-corrected chi connectivity index (χ3v) is 5.39. The van der Waals surface area contributed by atoms with Gasteiger partial charge in [-0.3, -0.25) is 0 Å². The Bertz CT molecular complexity index is 464. The summed E-state index contributed by atoms with van der Waals surface area (Å²) >= 11 is 0. The summed E-state index contributed by atoms with van der Waals surface area (Å²) in [6.07, 6.45) is 19.4. The average molecular weight is 422 g/mol. The number of nitrogens with two attached hydrogens (primary N) is 1. The highest BCUT2D eigenvalue weighted by atomic mass is 16.5. The predicted octanol–water partition coefficient (Wildman–Crippen LogP) is 7.16. The number of unbranched alkanes of at least 4 members (excludes halogenated alkanes) is 13. The van der Waals surface area contributed by atoms with E-state index in [0.717, 1.165) is 24.5 Å². The average Bonchev–Trinajstić information content (AvgIpc) is 2.76. The molecule has 0 spiro atoms. The predicted molar refractivity (Wildman–Crippen MR) is 128 cm³/mol. The lowest BCUT2D eigenvalue weighted by atomic mass is 10.0. The Morgan fingerprint density at radius 2 is 0.967 bits per heavy atom. The molecule has 0 saturated heterocycles. The van der Waals surface area contributed by atoms with E-state index in [1.165, 1.54) is 83.5 Å². The van der Waals surface area contributed by atoms with Crippen LogP contribution >= 0.6 is 0 Å². The Morgan fingerprint density at radius 3 is 1.50 bits per heavy atom. The molecule has 0 atom stereocenters. The molecular weight excluding hydrogens is 374 g/mol. The van der Waals surface area contributed by atoms with E-state index in [4.69, 9.17) is 19.9 Å². The summed E-state index contributed by atoms with van der Waals surface area (Å²) in [7, 11) is 0. The summed E-state index contributed by atoms with van der Waals surface area (Å²) in [6.45, 7) is 5.55. The second kappa shape index (κ2) is 21.0. The minimum atomic E-state index is 0.545. The van der Waals surface area contributed by atoms with Crippen molar-refractivity contribution in [1.82, 2.24) is 0 Å². The summed E-state index contributed by atoms with van der Waals surface area (Å²) in [6, 6.07) is 7.41. The first-order valence-corrected chi connectivity index (χ1v) is 12.5. The van der Waals surface area contributed by atoms with E-state index >= 15 is 0 Å². The van der Waals surface area contributed by atoms with Gasteiger partial charge in [0.25, 0.3) is 0 Å². The molecule has 0 heterocycles. The second-order valence-corrected chi connectivity index (χ2v) is 8.24. The molecule has 0 aliphatic rings. The Kier molecular flexibility index (Phi) is 18.7. The van der Waals surface area contributed by atoms with E-state index in [9.17, 15) is 0 Å². The summed E-state index contributed by atoms with van der Waals surface area (Å²) in [4.78, 5) is 0. The second-order valence-electron chi connectivity index (χ2n) is 8.24. The van der Waals surface area contributed by atoms with Gasteiger partial charge in [0.15, 0.2) is 0 Å². The molecule has 174 valence electrons. The molecule has 0 unspecified atom stereocenters. The molecule has 1 rings (SSSR count). The summed E-state index contributed by atoms with van der Waals surface area (Å²) < 4.78 is 16.7. The maximum atomic E-state index is 5.64. The van der Waals surface area contributed by atoms with E-state index in [1.807, 2.05) is 24.3 Å². The molecule has 2 N–H and O–H groups in total. The van der Waals surface area contributed by atoms with Crippen LogP contribution in [0.4, 0.5) is 5.69 Å².